The van der Waals surface area contributed by atoms with Gasteiger partial charge in [0.15, 0.2) is 0 Å². The van der Waals surface area contributed by atoms with Crippen molar-refractivity contribution < 1.29 is 9.90 Å². The van der Waals surface area contributed by atoms with E-state index >= 15 is 0 Å². The Hall–Kier alpha value is -0.960. The van der Waals surface area contributed by atoms with E-state index in [1.807, 2.05) is 12.1 Å². The van der Waals surface area contributed by atoms with E-state index in [4.69, 9.17) is 5.11 Å². The molecule has 0 aliphatic heterocycles. The fourth-order valence-electron chi connectivity index (χ4n) is 2.02. The molecule has 0 saturated carbocycles. The van der Waals surface area contributed by atoms with Crippen molar-refractivity contribution in [2.45, 2.75) is 56.8 Å². The molecule has 0 atom stereocenters. The lowest BCUT2D eigenvalue weighted by Gasteiger charge is -2.05. The van der Waals surface area contributed by atoms with Crippen LogP contribution in [0.2, 0.25) is 0 Å². The van der Waals surface area contributed by atoms with Gasteiger partial charge in [-0.15, -0.1) is 12.6 Å². The zero-order valence-electron chi connectivity index (χ0n) is 11.0. The van der Waals surface area contributed by atoms with Gasteiger partial charge in [0.25, 0.3) is 0 Å². The van der Waals surface area contributed by atoms with Crippen LogP contribution in [-0.2, 0) is 6.42 Å². The average molecular weight is 266 g/mol. The number of hydrogen-bond acceptors (Lipinski definition) is 2. The second kappa shape index (κ2) is 8.20. The van der Waals surface area contributed by atoms with Gasteiger partial charge in [-0.2, -0.15) is 0 Å². The highest BCUT2D eigenvalue weighted by atomic mass is 32.1. The molecule has 0 bridgehead atoms. The fraction of sp³-hybridized carbons (Fsp3) is 0.533. The van der Waals surface area contributed by atoms with Crippen molar-refractivity contribution in [3.8, 4) is 0 Å². The molecule has 0 aliphatic carbocycles. The van der Waals surface area contributed by atoms with Crippen molar-refractivity contribution in [3.05, 3.63) is 29.3 Å². The van der Waals surface area contributed by atoms with Crippen molar-refractivity contribution in [2.75, 3.05) is 0 Å². The summed E-state index contributed by atoms with van der Waals surface area (Å²) in [5.41, 5.74) is 1.46. The Labute approximate surface area is 115 Å². The molecule has 0 radical (unpaired) electrons. The van der Waals surface area contributed by atoms with Crippen molar-refractivity contribution in [3.63, 3.8) is 0 Å². The minimum absolute atomic E-state index is 0.282. The molecule has 3 heteroatoms. The summed E-state index contributed by atoms with van der Waals surface area (Å²) in [6, 6.07) is 5.42. The standard InChI is InChI=1S/C15H22O2S/c1-2-3-4-5-6-7-8-12-9-10-13(15(16)17)14(18)11-12/h9-11,18H,2-8H2,1H3,(H,16,17). The first-order valence-corrected chi connectivity index (χ1v) is 7.15. The second-order valence-corrected chi connectivity index (χ2v) is 5.16. The molecule has 1 rings (SSSR count). The first-order valence-electron chi connectivity index (χ1n) is 6.70. The van der Waals surface area contributed by atoms with E-state index in [0.29, 0.717) is 4.90 Å². The molecule has 1 aromatic rings. The minimum Gasteiger partial charge on any atom is -0.478 e. The number of carboxylic acid groups (broad SMARTS) is 1. The molecular weight excluding hydrogens is 244 g/mol. The van der Waals surface area contributed by atoms with Gasteiger partial charge in [0.1, 0.15) is 0 Å². The molecule has 18 heavy (non-hydrogen) atoms. The Bertz CT molecular complexity index is 388. The van der Waals surface area contributed by atoms with Crippen molar-refractivity contribution in [1.82, 2.24) is 0 Å². The van der Waals surface area contributed by atoms with Crippen molar-refractivity contribution >= 4 is 18.6 Å². The fourth-order valence-corrected chi connectivity index (χ4v) is 2.36. The highest BCUT2D eigenvalue weighted by Crippen LogP contribution is 2.18. The molecular formula is C15H22O2S. The smallest absolute Gasteiger partial charge is 0.336 e. The predicted octanol–water partition coefficient (Wildman–Crippen LogP) is 4.58. The first-order chi connectivity index (χ1) is 8.65. The van der Waals surface area contributed by atoms with Crippen molar-refractivity contribution in [1.29, 1.82) is 0 Å². The molecule has 1 N–H and O–H groups in total. The Morgan fingerprint density at radius 1 is 1.17 bits per heavy atom. The number of rotatable bonds is 8. The average Bonchev–Trinajstić information content (AvgIpc) is 2.33. The van der Waals surface area contributed by atoms with Crippen LogP contribution in [0, 0.1) is 0 Å². The third-order valence-corrected chi connectivity index (χ3v) is 3.48. The van der Waals surface area contributed by atoms with Gasteiger partial charge < -0.3 is 5.11 Å². The van der Waals surface area contributed by atoms with E-state index in [9.17, 15) is 4.79 Å². The molecule has 0 heterocycles. The third kappa shape index (κ3) is 5.13. The number of carboxylic acids is 1. The number of carbonyl (C=O) groups is 1. The van der Waals surface area contributed by atoms with Crippen molar-refractivity contribution in [2.24, 2.45) is 0 Å². The predicted molar refractivity (Wildman–Crippen MR) is 77.7 cm³/mol. The number of aryl methyl sites for hydroxylation is 1. The van der Waals surface area contributed by atoms with Gasteiger partial charge in [-0.1, -0.05) is 45.1 Å². The largest absolute Gasteiger partial charge is 0.478 e. The summed E-state index contributed by atoms with van der Waals surface area (Å²) in [7, 11) is 0. The summed E-state index contributed by atoms with van der Waals surface area (Å²) in [4.78, 5) is 11.4. The second-order valence-electron chi connectivity index (χ2n) is 4.67. The summed E-state index contributed by atoms with van der Waals surface area (Å²) in [5.74, 6) is -0.911. The van der Waals surface area contributed by atoms with Crippen LogP contribution in [0.4, 0.5) is 0 Å². The van der Waals surface area contributed by atoms with Crippen LogP contribution in [0.5, 0.6) is 0 Å². The van der Waals surface area contributed by atoms with Crippen LogP contribution in [0.3, 0.4) is 0 Å². The highest BCUT2D eigenvalue weighted by Gasteiger charge is 2.07. The molecule has 0 aliphatic rings. The lowest BCUT2D eigenvalue weighted by molar-refractivity contribution is 0.0693. The van der Waals surface area contributed by atoms with E-state index in [1.54, 1.807) is 6.07 Å². The van der Waals surface area contributed by atoms with E-state index < -0.39 is 5.97 Å². The molecule has 0 fully saturated rings. The summed E-state index contributed by atoms with van der Waals surface area (Å²) >= 11 is 4.22. The normalized spacial score (nSPS) is 10.6. The summed E-state index contributed by atoms with van der Waals surface area (Å²) in [6.45, 7) is 2.22. The van der Waals surface area contributed by atoms with E-state index in [1.165, 1.54) is 44.1 Å². The monoisotopic (exact) mass is 266 g/mol. The summed E-state index contributed by atoms with van der Waals surface area (Å²) < 4.78 is 0. The van der Waals surface area contributed by atoms with Gasteiger partial charge in [0, 0.05) is 4.90 Å². The third-order valence-electron chi connectivity index (χ3n) is 3.11. The van der Waals surface area contributed by atoms with Crippen LogP contribution >= 0.6 is 12.6 Å². The Balaban J connectivity index is 2.35. The molecule has 100 valence electrons. The molecule has 1 aromatic carbocycles. The molecule has 2 nitrogen and oxygen atoms in total. The topological polar surface area (TPSA) is 37.3 Å². The van der Waals surface area contributed by atoms with E-state index in [0.717, 1.165) is 6.42 Å². The minimum atomic E-state index is -0.911. The lowest BCUT2D eigenvalue weighted by atomic mass is 10.0. The lowest BCUT2D eigenvalue weighted by Crippen LogP contribution is -1.98. The maximum Gasteiger partial charge on any atom is 0.336 e. The maximum atomic E-state index is 10.8. The number of hydrogen-bond donors (Lipinski definition) is 2. The number of unbranched alkanes of at least 4 members (excludes halogenated alkanes) is 5. The van der Waals surface area contributed by atoms with Crippen LogP contribution in [0.25, 0.3) is 0 Å². The van der Waals surface area contributed by atoms with Gasteiger partial charge in [-0.05, 0) is 30.5 Å². The van der Waals surface area contributed by atoms with Gasteiger partial charge in [0.2, 0.25) is 0 Å². The van der Waals surface area contributed by atoms with Crippen LogP contribution in [-0.4, -0.2) is 11.1 Å². The van der Waals surface area contributed by atoms with Crippen LogP contribution < -0.4 is 0 Å². The van der Waals surface area contributed by atoms with Crippen LogP contribution in [0.1, 0.15) is 61.4 Å². The number of benzene rings is 1. The molecule has 0 unspecified atom stereocenters. The summed E-state index contributed by atoms with van der Waals surface area (Å²) in [6.07, 6.45) is 8.67. The maximum absolute atomic E-state index is 10.8. The van der Waals surface area contributed by atoms with Crippen LogP contribution in [0.15, 0.2) is 23.1 Å². The highest BCUT2D eigenvalue weighted by molar-refractivity contribution is 7.80. The zero-order valence-corrected chi connectivity index (χ0v) is 11.9. The molecule has 0 amide bonds. The van der Waals surface area contributed by atoms with Gasteiger partial charge >= 0.3 is 5.97 Å². The van der Waals surface area contributed by atoms with Gasteiger partial charge in [0.05, 0.1) is 5.56 Å². The molecule has 0 spiro atoms. The first kappa shape index (κ1) is 15.1. The number of thiol groups is 1. The Kier molecular flexibility index (Phi) is 6.88. The zero-order chi connectivity index (χ0) is 13.4. The SMILES string of the molecule is CCCCCCCCc1ccc(C(=O)O)c(S)c1. The van der Waals surface area contributed by atoms with E-state index in [-0.39, 0.29) is 5.56 Å². The molecule has 0 saturated heterocycles. The van der Waals surface area contributed by atoms with Gasteiger partial charge in [-0.25, -0.2) is 4.79 Å². The Morgan fingerprint density at radius 2 is 1.83 bits per heavy atom. The van der Waals surface area contributed by atoms with E-state index in [2.05, 4.69) is 19.6 Å². The number of aromatic carboxylic acids is 1. The molecule has 0 aromatic heterocycles. The Morgan fingerprint density at radius 3 is 2.44 bits per heavy atom. The van der Waals surface area contributed by atoms with Gasteiger partial charge in [-0.3, -0.25) is 0 Å². The quantitative estimate of drug-likeness (QED) is 0.534. The summed E-state index contributed by atoms with van der Waals surface area (Å²) in [5, 5.41) is 8.90.